The summed E-state index contributed by atoms with van der Waals surface area (Å²) in [7, 11) is 1.63. The zero-order valence-electron chi connectivity index (χ0n) is 11.2. The Balaban J connectivity index is 2.66. The van der Waals surface area contributed by atoms with Gasteiger partial charge in [-0.15, -0.1) is 6.58 Å². The molecule has 0 radical (unpaired) electrons. The molecule has 0 saturated heterocycles. The summed E-state index contributed by atoms with van der Waals surface area (Å²) in [6.07, 6.45) is 5.77. The molecular weight excluding hydrogens is 228 g/mol. The van der Waals surface area contributed by atoms with Crippen LogP contribution >= 0.6 is 0 Å². The lowest BCUT2D eigenvalue weighted by Crippen LogP contribution is -2.23. The number of allylic oxidation sites excluding steroid dienone is 1. The highest BCUT2D eigenvalue weighted by atomic mass is 16.5. The highest BCUT2D eigenvalue weighted by molar-refractivity contribution is 5.41. The number of nitrogens with zero attached hydrogens (tertiary/aromatic N) is 1. The third-order valence-corrected chi connectivity index (χ3v) is 2.74. The van der Waals surface area contributed by atoms with Crippen LogP contribution in [0.15, 0.2) is 35.8 Å². The summed E-state index contributed by atoms with van der Waals surface area (Å²) in [6.45, 7) is 6.94. The molecule has 100 valence electrons. The van der Waals surface area contributed by atoms with Crippen LogP contribution in [-0.2, 0) is 11.3 Å². The second kappa shape index (κ2) is 7.71. The van der Waals surface area contributed by atoms with Gasteiger partial charge in [0, 0.05) is 32.0 Å². The van der Waals surface area contributed by atoms with Crippen molar-refractivity contribution >= 4 is 5.69 Å². The Morgan fingerprint density at radius 2 is 2.33 bits per heavy atom. The fourth-order valence-electron chi connectivity index (χ4n) is 1.71. The molecule has 0 fully saturated rings. The SMILES string of the molecule is C=CCCC(C)Nc1ccc(=O)n(CCOC)c1. The zero-order valence-corrected chi connectivity index (χ0v) is 11.2. The molecule has 0 aliphatic rings. The Morgan fingerprint density at radius 1 is 1.56 bits per heavy atom. The molecule has 4 nitrogen and oxygen atoms in total. The van der Waals surface area contributed by atoms with E-state index in [0.29, 0.717) is 19.2 Å². The number of methoxy groups -OCH3 is 1. The molecule has 0 aromatic carbocycles. The van der Waals surface area contributed by atoms with Gasteiger partial charge in [-0.05, 0) is 25.8 Å². The largest absolute Gasteiger partial charge is 0.383 e. The molecule has 0 amide bonds. The van der Waals surface area contributed by atoms with E-state index in [1.54, 1.807) is 17.7 Å². The normalized spacial score (nSPS) is 12.1. The maximum Gasteiger partial charge on any atom is 0.250 e. The Hall–Kier alpha value is -1.55. The first kappa shape index (κ1) is 14.5. The van der Waals surface area contributed by atoms with Crippen molar-refractivity contribution < 1.29 is 4.74 Å². The molecule has 18 heavy (non-hydrogen) atoms. The van der Waals surface area contributed by atoms with Crippen LogP contribution in [0.3, 0.4) is 0 Å². The van der Waals surface area contributed by atoms with Crippen molar-refractivity contribution in [2.75, 3.05) is 19.0 Å². The van der Waals surface area contributed by atoms with Crippen LogP contribution in [0.25, 0.3) is 0 Å². The third-order valence-electron chi connectivity index (χ3n) is 2.74. The van der Waals surface area contributed by atoms with Crippen LogP contribution in [0.2, 0.25) is 0 Å². The van der Waals surface area contributed by atoms with Gasteiger partial charge in [-0.3, -0.25) is 4.79 Å². The van der Waals surface area contributed by atoms with E-state index >= 15 is 0 Å². The third kappa shape index (κ3) is 4.75. The Labute approximate surface area is 108 Å². The van der Waals surface area contributed by atoms with E-state index in [1.165, 1.54) is 0 Å². The second-order valence-corrected chi connectivity index (χ2v) is 4.35. The van der Waals surface area contributed by atoms with Crippen LogP contribution in [-0.4, -0.2) is 24.3 Å². The summed E-state index contributed by atoms with van der Waals surface area (Å²) in [5.41, 5.74) is 0.957. The van der Waals surface area contributed by atoms with Crippen molar-refractivity contribution in [3.63, 3.8) is 0 Å². The summed E-state index contributed by atoms with van der Waals surface area (Å²) in [4.78, 5) is 11.6. The molecule has 1 aromatic heterocycles. The van der Waals surface area contributed by atoms with Crippen LogP contribution in [0.1, 0.15) is 19.8 Å². The lowest BCUT2D eigenvalue weighted by Gasteiger charge is -2.15. The van der Waals surface area contributed by atoms with Gasteiger partial charge in [0.2, 0.25) is 0 Å². The molecule has 4 heteroatoms. The van der Waals surface area contributed by atoms with E-state index < -0.39 is 0 Å². The fourth-order valence-corrected chi connectivity index (χ4v) is 1.71. The number of hydrogen-bond donors (Lipinski definition) is 1. The number of ether oxygens (including phenoxy) is 1. The number of aromatic nitrogens is 1. The lowest BCUT2D eigenvalue weighted by molar-refractivity contribution is 0.186. The first-order valence-corrected chi connectivity index (χ1v) is 6.24. The Bertz CT molecular complexity index is 426. The van der Waals surface area contributed by atoms with Gasteiger partial charge in [0.1, 0.15) is 0 Å². The minimum Gasteiger partial charge on any atom is -0.383 e. The number of pyridine rings is 1. The molecule has 0 saturated carbocycles. The molecule has 0 spiro atoms. The quantitative estimate of drug-likeness (QED) is 0.720. The number of rotatable bonds is 8. The van der Waals surface area contributed by atoms with Crippen molar-refractivity contribution in [2.24, 2.45) is 0 Å². The van der Waals surface area contributed by atoms with Crippen LogP contribution in [0.5, 0.6) is 0 Å². The van der Waals surface area contributed by atoms with Crippen molar-refractivity contribution in [3.8, 4) is 0 Å². The van der Waals surface area contributed by atoms with Gasteiger partial charge in [-0.1, -0.05) is 6.08 Å². The van der Waals surface area contributed by atoms with Gasteiger partial charge in [0.05, 0.1) is 12.3 Å². The van der Waals surface area contributed by atoms with Crippen molar-refractivity contribution in [2.45, 2.75) is 32.4 Å². The highest BCUT2D eigenvalue weighted by Crippen LogP contribution is 2.08. The lowest BCUT2D eigenvalue weighted by atomic mass is 10.2. The van der Waals surface area contributed by atoms with Gasteiger partial charge in [0.15, 0.2) is 0 Å². The van der Waals surface area contributed by atoms with E-state index in [2.05, 4.69) is 18.8 Å². The smallest absolute Gasteiger partial charge is 0.250 e. The summed E-state index contributed by atoms with van der Waals surface area (Å²) < 4.78 is 6.64. The number of anilines is 1. The van der Waals surface area contributed by atoms with Gasteiger partial charge >= 0.3 is 0 Å². The number of hydrogen-bond acceptors (Lipinski definition) is 3. The van der Waals surface area contributed by atoms with E-state index in [4.69, 9.17) is 4.74 Å². The predicted molar refractivity (Wildman–Crippen MR) is 75.1 cm³/mol. The molecular formula is C14H22N2O2. The Kier molecular flexibility index (Phi) is 6.22. The molecule has 1 heterocycles. The molecule has 1 unspecified atom stereocenters. The summed E-state index contributed by atoms with van der Waals surface area (Å²) in [5, 5.41) is 3.37. The van der Waals surface area contributed by atoms with Crippen LogP contribution < -0.4 is 10.9 Å². The highest BCUT2D eigenvalue weighted by Gasteiger charge is 2.03. The van der Waals surface area contributed by atoms with E-state index in [-0.39, 0.29) is 5.56 Å². The minimum absolute atomic E-state index is 0.00338. The molecule has 1 N–H and O–H groups in total. The maximum absolute atomic E-state index is 11.6. The second-order valence-electron chi connectivity index (χ2n) is 4.35. The van der Waals surface area contributed by atoms with Crippen LogP contribution in [0, 0.1) is 0 Å². The van der Waals surface area contributed by atoms with Gasteiger partial charge < -0.3 is 14.6 Å². The van der Waals surface area contributed by atoms with E-state index in [1.807, 2.05) is 18.3 Å². The predicted octanol–water partition coefficient (Wildman–Crippen LogP) is 2.26. The molecule has 1 aromatic rings. The zero-order chi connectivity index (χ0) is 13.4. The topological polar surface area (TPSA) is 43.3 Å². The van der Waals surface area contributed by atoms with E-state index in [9.17, 15) is 4.79 Å². The Morgan fingerprint density at radius 3 is 3.00 bits per heavy atom. The first-order chi connectivity index (χ1) is 8.67. The molecule has 0 aliphatic heterocycles. The molecule has 0 bridgehead atoms. The van der Waals surface area contributed by atoms with Crippen LogP contribution in [0.4, 0.5) is 5.69 Å². The minimum atomic E-state index is -0.00338. The standard InChI is InChI=1S/C14H22N2O2/c1-4-5-6-12(2)15-13-7-8-14(17)16(11-13)9-10-18-3/h4,7-8,11-12,15H,1,5-6,9-10H2,2-3H3. The average molecular weight is 250 g/mol. The van der Waals surface area contributed by atoms with Crippen molar-refractivity contribution in [1.82, 2.24) is 4.57 Å². The average Bonchev–Trinajstić information content (AvgIpc) is 2.37. The van der Waals surface area contributed by atoms with Gasteiger partial charge in [0.25, 0.3) is 5.56 Å². The molecule has 0 aliphatic carbocycles. The maximum atomic E-state index is 11.6. The first-order valence-electron chi connectivity index (χ1n) is 6.24. The molecule has 1 rings (SSSR count). The summed E-state index contributed by atoms with van der Waals surface area (Å²) >= 11 is 0. The van der Waals surface area contributed by atoms with Crippen molar-refractivity contribution in [3.05, 3.63) is 41.3 Å². The van der Waals surface area contributed by atoms with E-state index in [0.717, 1.165) is 18.5 Å². The number of nitrogens with one attached hydrogen (secondary N) is 1. The fraction of sp³-hybridized carbons (Fsp3) is 0.500. The molecule has 1 atom stereocenters. The van der Waals surface area contributed by atoms with Gasteiger partial charge in [-0.2, -0.15) is 0 Å². The monoisotopic (exact) mass is 250 g/mol. The van der Waals surface area contributed by atoms with Crippen molar-refractivity contribution in [1.29, 1.82) is 0 Å². The van der Waals surface area contributed by atoms with Gasteiger partial charge in [-0.25, -0.2) is 0 Å². The summed E-state index contributed by atoms with van der Waals surface area (Å²) in [6, 6.07) is 3.75. The summed E-state index contributed by atoms with van der Waals surface area (Å²) in [5.74, 6) is 0.